The van der Waals surface area contributed by atoms with Crippen LogP contribution >= 0.6 is 0 Å². The van der Waals surface area contributed by atoms with Gasteiger partial charge in [0.2, 0.25) is 5.71 Å². The first kappa shape index (κ1) is 23.0. The van der Waals surface area contributed by atoms with Crippen molar-refractivity contribution in [1.29, 1.82) is 0 Å². The van der Waals surface area contributed by atoms with Crippen LogP contribution in [0.4, 0.5) is 5.82 Å². The number of ether oxygens (including phenoxy) is 2. The third-order valence-electron chi connectivity index (χ3n) is 6.07. The van der Waals surface area contributed by atoms with Crippen LogP contribution in [0.1, 0.15) is 23.2 Å². The Morgan fingerprint density at radius 3 is 2.66 bits per heavy atom. The molecule has 1 atom stereocenters. The van der Waals surface area contributed by atoms with Crippen LogP contribution in [0.5, 0.6) is 0 Å². The molecule has 2 aromatic carbocycles. The predicted octanol–water partition coefficient (Wildman–Crippen LogP) is 4.52. The molecule has 5 rings (SSSR count). The van der Waals surface area contributed by atoms with Crippen molar-refractivity contribution < 1.29 is 18.7 Å². The van der Waals surface area contributed by atoms with E-state index < -0.39 is 0 Å². The lowest BCUT2D eigenvalue weighted by Crippen LogP contribution is -2.26. The molecule has 1 unspecified atom stereocenters. The highest BCUT2D eigenvalue weighted by Crippen LogP contribution is 2.42. The SMILES string of the molecule is COCCNC(=O)c1ccc(-c2oc3ncnc(NCC4CCCO4)c3c2-c2ccccc2)cc1. The Bertz CT molecular complexity index is 1280. The molecule has 8 heteroatoms. The molecular formula is C27H28N4O4. The maximum absolute atomic E-state index is 12.4. The van der Waals surface area contributed by atoms with Gasteiger partial charge in [0, 0.05) is 43.5 Å². The van der Waals surface area contributed by atoms with Crippen LogP contribution in [0.3, 0.4) is 0 Å². The molecule has 2 aromatic heterocycles. The molecule has 35 heavy (non-hydrogen) atoms. The maximum atomic E-state index is 12.4. The summed E-state index contributed by atoms with van der Waals surface area (Å²) in [7, 11) is 1.60. The summed E-state index contributed by atoms with van der Waals surface area (Å²) in [6.45, 7) is 2.40. The molecule has 1 aliphatic rings. The van der Waals surface area contributed by atoms with Crippen LogP contribution in [0.25, 0.3) is 33.6 Å². The number of carbonyl (C=O) groups is 1. The van der Waals surface area contributed by atoms with Crippen molar-refractivity contribution in [2.24, 2.45) is 0 Å². The zero-order valence-electron chi connectivity index (χ0n) is 19.6. The fourth-order valence-corrected chi connectivity index (χ4v) is 4.31. The van der Waals surface area contributed by atoms with Crippen molar-refractivity contribution in [2.45, 2.75) is 18.9 Å². The van der Waals surface area contributed by atoms with E-state index in [4.69, 9.17) is 13.9 Å². The minimum atomic E-state index is -0.145. The van der Waals surface area contributed by atoms with E-state index in [0.717, 1.165) is 41.5 Å². The third-order valence-corrected chi connectivity index (χ3v) is 6.07. The normalized spacial score (nSPS) is 15.4. The second kappa shape index (κ2) is 10.7. The van der Waals surface area contributed by atoms with Gasteiger partial charge in [0.1, 0.15) is 17.9 Å². The number of furan rings is 1. The molecule has 1 aliphatic heterocycles. The van der Waals surface area contributed by atoms with E-state index in [0.29, 0.717) is 42.6 Å². The highest BCUT2D eigenvalue weighted by atomic mass is 16.5. The number of hydrogen-bond donors (Lipinski definition) is 2. The van der Waals surface area contributed by atoms with E-state index >= 15 is 0 Å². The number of amides is 1. The van der Waals surface area contributed by atoms with E-state index in [1.807, 2.05) is 42.5 Å². The standard InChI is InChI=1S/C27H28N4O4/c1-33-15-13-28-26(32)20-11-9-19(10-12-20)24-22(18-6-3-2-4-7-18)23-25(30-17-31-27(23)35-24)29-16-21-8-5-14-34-21/h2-4,6-7,9-12,17,21H,5,8,13-16H2,1H3,(H,28,32)(H,29,30,31). The maximum Gasteiger partial charge on any atom is 0.251 e. The van der Waals surface area contributed by atoms with Crippen LogP contribution in [0, 0.1) is 0 Å². The lowest BCUT2D eigenvalue weighted by atomic mass is 9.98. The molecule has 0 bridgehead atoms. The van der Waals surface area contributed by atoms with Crippen LogP contribution in [-0.4, -0.2) is 55.4 Å². The summed E-state index contributed by atoms with van der Waals surface area (Å²) in [6.07, 6.45) is 3.80. The number of aromatic nitrogens is 2. The summed E-state index contributed by atoms with van der Waals surface area (Å²) in [4.78, 5) is 21.3. The van der Waals surface area contributed by atoms with Crippen molar-refractivity contribution in [3.8, 4) is 22.5 Å². The fourth-order valence-electron chi connectivity index (χ4n) is 4.31. The number of nitrogens with zero attached hydrogens (tertiary/aromatic N) is 2. The largest absolute Gasteiger partial charge is 0.437 e. The lowest BCUT2D eigenvalue weighted by molar-refractivity contribution is 0.0937. The van der Waals surface area contributed by atoms with Crippen molar-refractivity contribution >= 4 is 22.8 Å². The minimum Gasteiger partial charge on any atom is -0.437 e. The topological polar surface area (TPSA) is 98.5 Å². The van der Waals surface area contributed by atoms with Gasteiger partial charge in [-0.1, -0.05) is 42.5 Å². The Morgan fingerprint density at radius 2 is 1.91 bits per heavy atom. The van der Waals surface area contributed by atoms with Crippen LogP contribution in [-0.2, 0) is 9.47 Å². The van der Waals surface area contributed by atoms with Crippen LogP contribution in [0.15, 0.2) is 65.3 Å². The number of anilines is 1. The van der Waals surface area contributed by atoms with E-state index in [-0.39, 0.29) is 12.0 Å². The van der Waals surface area contributed by atoms with Crippen molar-refractivity contribution in [3.63, 3.8) is 0 Å². The zero-order chi connectivity index (χ0) is 24.0. The minimum absolute atomic E-state index is 0.145. The number of carbonyl (C=O) groups excluding carboxylic acids is 1. The highest BCUT2D eigenvalue weighted by Gasteiger charge is 2.23. The number of rotatable bonds is 9. The Hall–Kier alpha value is -3.75. The molecule has 180 valence electrons. The molecule has 1 fully saturated rings. The predicted molar refractivity (Wildman–Crippen MR) is 134 cm³/mol. The Kier molecular flexibility index (Phi) is 7.02. The van der Waals surface area contributed by atoms with Crippen LogP contribution < -0.4 is 10.6 Å². The number of hydrogen-bond acceptors (Lipinski definition) is 7. The van der Waals surface area contributed by atoms with Crippen molar-refractivity contribution in [3.05, 3.63) is 66.5 Å². The van der Waals surface area contributed by atoms with Gasteiger partial charge in [-0.15, -0.1) is 0 Å². The molecule has 0 saturated carbocycles. The average molecular weight is 473 g/mol. The number of fused-ring (bicyclic) bond motifs is 1. The summed E-state index contributed by atoms with van der Waals surface area (Å²) < 4.78 is 17.1. The Balaban J connectivity index is 1.52. The van der Waals surface area contributed by atoms with Gasteiger partial charge in [0.05, 0.1) is 18.1 Å². The van der Waals surface area contributed by atoms with Crippen LogP contribution in [0.2, 0.25) is 0 Å². The summed E-state index contributed by atoms with van der Waals surface area (Å²) in [5.41, 5.74) is 3.83. The summed E-state index contributed by atoms with van der Waals surface area (Å²) in [6, 6.07) is 17.4. The highest BCUT2D eigenvalue weighted by molar-refractivity contribution is 6.06. The molecule has 0 aliphatic carbocycles. The van der Waals surface area contributed by atoms with Gasteiger partial charge in [0.25, 0.3) is 5.91 Å². The molecule has 0 radical (unpaired) electrons. The van der Waals surface area contributed by atoms with E-state index in [2.05, 4.69) is 20.6 Å². The summed E-state index contributed by atoms with van der Waals surface area (Å²) in [5, 5.41) is 7.12. The van der Waals surface area contributed by atoms with Gasteiger partial charge in [-0.25, -0.2) is 9.97 Å². The summed E-state index contributed by atoms with van der Waals surface area (Å²) >= 11 is 0. The molecule has 3 heterocycles. The molecule has 4 aromatic rings. The van der Waals surface area contributed by atoms with Gasteiger partial charge in [-0.2, -0.15) is 0 Å². The smallest absolute Gasteiger partial charge is 0.251 e. The first-order valence-electron chi connectivity index (χ1n) is 11.8. The molecule has 8 nitrogen and oxygen atoms in total. The fraction of sp³-hybridized carbons (Fsp3) is 0.296. The molecular weight excluding hydrogens is 444 g/mol. The molecule has 2 N–H and O–H groups in total. The summed E-state index contributed by atoms with van der Waals surface area (Å²) in [5.74, 6) is 1.25. The second-order valence-electron chi connectivity index (χ2n) is 8.42. The first-order valence-corrected chi connectivity index (χ1v) is 11.8. The Morgan fingerprint density at radius 1 is 1.09 bits per heavy atom. The lowest BCUT2D eigenvalue weighted by Gasteiger charge is -2.12. The quantitative estimate of drug-likeness (QED) is 0.346. The second-order valence-corrected chi connectivity index (χ2v) is 8.42. The monoisotopic (exact) mass is 472 g/mol. The van der Waals surface area contributed by atoms with E-state index in [9.17, 15) is 4.79 Å². The van der Waals surface area contributed by atoms with Gasteiger partial charge in [-0.3, -0.25) is 4.79 Å². The molecule has 1 saturated heterocycles. The number of nitrogens with one attached hydrogen (secondary N) is 2. The van der Waals surface area contributed by atoms with E-state index in [1.165, 1.54) is 6.33 Å². The Labute approximate surface area is 203 Å². The third kappa shape index (κ3) is 5.03. The number of benzene rings is 2. The van der Waals surface area contributed by atoms with Crippen molar-refractivity contribution in [1.82, 2.24) is 15.3 Å². The van der Waals surface area contributed by atoms with Gasteiger partial charge >= 0.3 is 0 Å². The number of methoxy groups -OCH3 is 1. The van der Waals surface area contributed by atoms with Crippen molar-refractivity contribution in [2.75, 3.05) is 38.7 Å². The van der Waals surface area contributed by atoms with Gasteiger partial charge in [0.15, 0.2) is 0 Å². The van der Waals surface area contributed by atoms with Gasteiger partial charge < -0.3 is 24.5 Å². The van der Waals surface area contributed by atoms with Gasteiger partial charge in [-0.05, 0) is 30.5 Å². The molecule has 0 spiro atoms. The van der Waals surface area contributed by atoms with E-state index in [1.54, 1.807) is 19.2 Å². The average Bonchev–Trinajstić information content (AvgIpc) is 3.56. The zero-order valence-corrected chi connectivity index (χ0v) is 19.6. The first-order chi connectivity index (χ1) is 17.2. The molecule has 1 amide bonds.